The number of benzene rings is 1. The van der Waals surface area contributed by atoms with E-state index in [4.69, 9.17) is 16.6 Å². The molecule has 0 saturated heterocycles. The summed E-state index contributed by atoms with van der Waals surface area (Å²) in [7, 11) is 0. The van der Waals surface area contributed by atoms with Crippen molar-refractivity contribution < 1.29 is 0 Å². The molecule has 2 aromatic heterocycles. The van der Waals surface area contributed by atoms with Gasteiger partial charge in [-0.15, -0.1) is 0 Å². The Morgan fingerprint density at radius 1 is 1.23 bits per heavy atom. The first-order valence-corrected chi connectivity index (χ1v) is 9.98. The lowest BCUT2D eigenvalue weighted by atomic mass is 10.1. The lowest BCUT2D eigenvalue weighted by Gasteiger charge is -2.17. The molecular formula is C20H22ClN3OS. The fraction of sp³-hybridized carbons (Fsp3) is 0.350. The third kappa shape index (κ3) is 4.27. The number of pyridine rings is 1. The smallest absolute Gasteiger partial charge is 0.262 e. The lowest BCUT2D eigenvalue weighted by molar-refractivity contribution is 0.480. The molecule has 136 valence electrons. The van der Waals surface area contributed by atoms with Crippen LogP contribution in [0.5, 0.6) is 0 Å². The first-order valence-electron chi connectivity index (χ1n) is 8.72. The first-order chi connectivity index (χ1) is 12.5. The number of thioether (sulfide) groups is 1. The fourth-order valence-corrected chi connectivity index (χ4v) is 3.90. The van der Waals surface area contributed by atoms with E-state index in [9.17, 15) is 4.79 Å². The molecule has 1 aromatic carbocycles. The highest BCUT2D eigenvalue weighted by Gasteiger charge is 2.16. The molecule has 0 fully saturated rings. The fourth-order valence-electron chi connectivity index (χ4n) is 2.69. The molecule has 0 aliphatic heterocycles. The van der Waals surface area contributed by atoms with E-state index < -0.39 is 0 Å². The molecule has 0 saturated carbocycles. The summed E-state index contributed by atoms with van der Waals surface area (Å²) in [5.41, 5.74) is 1.74. The third-order valence-electron chi connectivity index (χ3n) is 4.25. The molecule has 2 heterocycles. The van der Waals surface area contributed by atoms with E-state index in [2.05, 4.69) is 25.8 Å². The quantitative estimate of drug-likeness (QED) is 0.423. The van der Waals surface area contributed by atoms with Crippen LogP contribution in [-0.4, -0.2) is 14.5 Å². The number of hydrogen-bond acceptors (Lipinski definition) is 4. The maximum absolute atomic E-state index is 13.0. The van der Waals surface area contributed by atoms with Crippen LogP contribution in [0.3, 0.4) is 0 Å². The highest BCUT2D eigenvalue weighted by Crippen LogP contribution is 2.33. The molecule has 3 rings (SSSR count). The zero-order valence-electron chi connectivity index (χ0n) is 15.1. The summed E-state index contributed by atoms with van der Waals surface area (Å²) in [6.45, 7) is 7.07. The number of aromatic nitrogens is 3. The van der Waals surface area contributed by atoms with Gasteiger partial charge < -0.3 is 0 Å². The van der Waals surface area contributed by atoms with Gasteiger partial charge in [0.25, 0.3) is 5.56 Å². The molecule has 0 spiro atoms. The van der Waals surface area contributed by atoms with Crippen LogP contribution in [0.25, 0.3) is 10.9 Å². The van der Waals surface area contributed by atoms with E-state index in [1.165, 1.54) is 0 Å². The summed E-state index contributed by atoms with van der Waals surface area (Å²) in [4.78, 5) is 22.0. The average molecular weight is 388 g/mol. The number of rotatable bonds is 6. The zero-order chi connectivity index (χ0) is 18.7. The van der Waals surface area contributed by atoms with Crippen molar-refractivity contribution in [3.05, 3.63) is 63.7 Å². The Kier molecular flexibility index (Phi) is 5.99. The van der Waals surface area contributed by atoms with Crippen molar-refractivity contribution in [1.29, 1.82) is 0 Å². The molecule has 4 nitrogen and oxygen atoms in total. The molecule has 0 amide bonds. The largest absolute Gasteiger partial charge is 0.287 e. The van der Waals surface area contributed by atoms with Gasteiger partial charge in [-0.25, -0.2) is 4.98 Å². The Hall–Kier alpha value is -1.85. The van der Waals surface area contributed by atoms with Gasteiger partial charge in [0.1, 0.15) is 0 Å². The molecule has 0 bridgehead atoms. The third-order valence-corrected chi connectivity index (χ3v) is 5.63. The zero-order valence-corrected chi connectivity index (χ0v) is 16.7. The highest BCUT2D eigenvalue weighted by molar-refractivity contribution is 7.99. The van der Waals surface area contributed by atoms with Crippen LogP contribution in [0.1, 0.15) is 38.0 Å². The van der Waals surface area contributed by atoms with Crippen LogP contribution in [0, 0.1) is 5.92 Å². The van der Waals surface area contributed by atoms with Crippen molar-refractivity contribution in [3.63, 3.8) is 0 Å². The van der Waals surface area contributed by atoms with Gasteiger partial charge >= 0.3 is 0 Å². The lowest BCUT2D eigenvalue weighted by Crippen LogP contribution is -2.24. The molecule has 0 aliphatic rings. The van der Waals surface area contributed by atoms with Gasteiger partial charge in [0.05, 0.1) is 10.9 Å². The minimum absolute atomic E-state index is 0.00629. The van der Waals surface area contributed by atoms with Crippen LogP contribution in [-0.2, 0) is 6.54 Å². The van der Waals surface area contributed by atoms with Crippen molar-refractivity contribution in [2.24, 2.45) is 5.92 Å². The standard InChI is InChI=1S/C20H22ClN3OS/c1-13(2)8-10-24-19(25)17-7-6-16(21)11-18(17)23-20(24)26-14(3)15-5-4-9-22-12-15/h4-7,9,11-14H,8,10H2,1-3H3. The van der Waals surface area contributed by atoms with Gasteiger partial charge in [-0.05, 0) is 49.1 Å². The Bertz CT molecular complexity index is 956. The molecule has 0 N–H and O–H groups in total. The molecule has 26 heavy (non-hydrogen) atoms. The van der Waals surface area contributed by atoms with Crippen LogP contribution in [0.15, 0.2) is 52.7 Å². The predicted octanol–water partition coefficient (Wildman–Crippen LogP) is 5.34. The molecule has 1 atom stereocenters. The van der Waals surface area contributed by atoms with Crippen molar-refractivity contribution >= 4 is 34.3 Å². The number of hydrogen-bond donors (Lipinski definition) is 0. The Morgan fingerprint density at radius 3 is 2.73 bits per heavy atom. The van der Waals surface area contributed by atoms with E-state index in [1.807, 2.05) is 18.3 Å². The topological polar surface area (TPSA) is 47.8 Å². The Labute approximate surface area is 162 Å². The molecule has 6 heteroatoms. The van der Waals surface area contributed by atoms with E-state index in [-0.39, 0.29) is 10.8 Å². The second-order valence-corrected chi connectivity index (χ2v) is 8.49. The number of nitrogens with zero attached hydrogens (tertiary/aromatic N) is 3. The minimum Gasteiger partial charge on any atom is -0.287 e. The van der Waals surface area contributed by atoms with E-state index in [0.717, 1.165) is 17.1 Å². The van der Waals surface area contributed by atoms with Crippen LogP contribution >= 0.6 is 23.4 Å². The minimum atomic E-state index is -0.00629. The van der Waals surface area contributed by atoms with Gasteiger partial charge in [-0.2, -0.15) is 0 Å². The van der Waals surface area contributed by atoms with Crippen molar-refractivity contribution in [2.45, 2.75) is 44.1 Å². The summed E-state index contributed by atoms with van der Waals surface area (Å²) in [6, 6.07) is 9.22. The summed E-state index contributed by atoms with van der Waals surface area (Å²) >= 11 is 7.68. The van der Waals surface area contributed by atoms with Crippen LogP contribution in [0.4, 0.5) is 0 Å². The van der Waals surface area contributed by atoms with Gasteiger partial charge in [0.15, 0.2) is 5.16 Å². The monoisotopic (exact) mass is 387 g/mol. The van der Waals surface area contributed by atoms with E-state index >= 15 is 0 Å². The van der Waals surface area contributed by atoms with Gasteiger partial charge in [0.2, 0.25) is 0 Å². The molecule has 0 aliphatic carbocycles. The maximum Gasteiger partial charge on any atom is 0.262 e. The van der Waals surface area contributed by atoms with Gasteiger partial charge in [0, 0.05) is 29.2 Å². The summed E-state index contributed by atoms with van der Waals surface area (Å²) in [5, 5.41) is 2.05. The summed E-state index contributed by atoms with van der Waals surface area (Å²) < 4.78 is 1.80. The molecule has 1 unspecified atom stereocenters. The number of halogens is 1. The molecular weight excluding hydrogens is 366 g/mol. The second-order valence-electron chi connectivity index (χ2n) is 6.74. The average Bonchev–Trinajstić information content (AvgIpc) is 2.61. The van der Waals surface area contributed by atoms with Gasteiger partial charge in [-0.3, -0.25) is 14.3 Å². The van der Waals surface area contributed by atoms with Gasteiger partial charge in [-0.1, -0.05) is 43.3 Å². The number of fused-ring (bicyclic) bond motifs is 1. The maximum atomic E-state index is 13.0. The summed E-state index contributed by atoms with van der Waals surface area (Å²) in [6.07, 6.45) is 4.54. The predicted molar refractivity (Wildman–Crippen MR) is 109 cm³/mol. The van der Waals surface area contributed by atoms with Crippen LogP contribution < -0.4 is 5.56 Å². The van der Waals surface area contributed by atoms with Crippen molar-refractivity contribution in [2.75, 3.05) is 0 Å². The Balaban J connectivity index is 2.05. The van der Waals surface area contributed by atoms with E-state index in [1.54, 1.807) is 40.7 Å². The SMILES string of the molecule is CC(C)CCn1c(SC(C)c2cccnc2)nc2cc(Cl)ccc2c1=O. The molecule has 3 aromatic rings. The van der Waals surface area contributed by atoms with Crippen molar-refractivity contribution in [1.82, 2.24) is 14.5 Å². The van der Waals surface area contributed by atoms with Crippen molar-refractivity contribution in [3.8, 4) is 0 Å². The highest BCUT2D eigenvalue weighted by atomic mass is 35.5. The molecule has 0 radical (unpaired) electrons. The first kappa shape index (κ1) is 18.9. The van der Waals surface area contributed by atoms with Crippen LogP contribution in [0.2, 0.25) is 5.02 Å². The van der Waals surface area contributed by atoms with E-state index in [0.29, 0.717) is 28.4 Å². The second kappa shape index (κ2) is 8.23. The normalized spacial score (nSPS) is 12.7. The summed E-state index contributed by atoms with van der Waals surface area (Å²) in [5.74, 6) is 0.511. The Morgan fingerprint density at radius 2 is 2.04 bits per heavy atom.